The molecule has 0 radical (unpaired) electrons. The second kappa shape index (κ2) is 14.8. The summed E-state index contributed by atoms with van der Waals surface area (Å²) in [5.74, 6) is -1.76. The maximum atomic E-state index is 14.5. The second-order valence-electron chi connectivity index (χ2n) is 15.5. The minimum Gasteiger partial charge on any atom is -0.444 e. The van der Waals surface area contributed by atoms with Crippen LogP contribution in [0.5, 0.6) is 0 Å². The van der Waals surface area contributed by atoms with Gasteiger partial charge >= 0.3 is 6.09 Å². The maximum absolute atomic E-state index is 14.5. The SMILES string of the molecule is CC[C@@H]1C[C@]1(NC(=O)[C@@H]1C[C@@H]2CN1C(=O)[C@H]([C@@H](C)CC)NC(C)CCCCCCc1cccc3c1CN(C3)C(=O)O2)C(=O)NS(=O)(=O)C1CC1. The van der Waals surface area contributed by atoms with Crippen molar-refractivity contribution in [3.63, 3.8) is 0 Å². The average molecular weight is 714 g/mol. The van der Waals surface area contributed by atoms with Crippen LogP contribution in [0.25, 0.3) is 0 Å². The lowest BCUT2D eigenvalue weighted by atomic mass is 9.95. The zero-order chi connectivity index (χ0) is 35.8. The summed E-state index contributed by atoms with van der Waals surface area (Å²) in [6.07, 6.45) is 7.69. The van der Waals surface area contributed by atoms with Crippen molar-refractivity contribution in [2.24, 2.45) is 11.8 Å². The van der Waals surface area contributed by atoms with E-state index < -0.39 is 56.9 Å². The number of carbonyl (C=O) groups is 4. The molecule has 5 aliphatic rings. The topological polar surface area (TPSA) is 154 Å². The molecule has 0 aromatic heterocycles. The molecular weight excluding hydrogens is 659 g/mol. The van der Waals surface area contributed by atoms with E-state index in [1.807, 2.05) is 20.8 Å². The summed E-state index contributed by atoms with van der Waals surface area (Å²) < 4.78 is 33.7. The number of hydrogen-bond donors (Lipinski definition) is 3. The number of amides is 4. The zero-order valence-corrected chi connectivity index (χ0v) is 30.9. The number of carbonyl (C=O) groups excluding carboxylic acids is 4. The smallest absolute Gasteiger partial charge is 0.410 e. The van der Waals surface area contributed by atoms with Gasteiger partial charge in [0.15, 0.2) is 0 Å². The van der Waals surface area contributed by atoms with E-state index in [0.717, 1.165) is 50.5 Å². The Bertz CT molecular complexity index is 1580. The summed E-state index contributed by atoms with van der Waals surface area (Å²) in [7, 11) is -3.82. The Kier molecular flexibility index (Phi) is 10.8. The first kappa shape index (κ1) is 36.6. The van der Waals surface area contributed by atoms with Gasteiger partial charge in [-0.3, -0.25) is 24.0 Å². The predicted octanol–water partition coefficient (Wildman–Crippen LogP) is 3.90. The Morgan fingerprint density at radius 1 is 1.06 bits per heavy atom. The fourth-order valence-electron chi connectivity index (χ4n) is 8.15. The van der Waals surface area contributed by atoms with Crippen LogP contribution in [0.4, 0.5) is 4.79 Å². The molecule has 1 aromatic carbocycles. The van der Waals surface area contributed by atoms with Crippen LogP contribution in [0.2, 0.25) is 0 Å². The molecule has 2 saturated carbocycles. The van der Waals surface area contributed by atoms with E-state index in [0.29, 0.717) is 38.8 Å². The largest absolute Gasteiger partial charge is 0.444 e. The van der Waals surface area contributed by atoms with Crippen molar-refractivity contribution in [2.75, 3.05) is 6.54 Å². The van der Waals surface area contributed by atoms with E-state index in [1.54, 1.807) is 4.90 Å². The highest BCUT2D eigenvalue weighted by molar-refractivity contribution is 7.91. The van der Waals surface area contributed by atoms with Gasteiger partial charge in [0.1, 0.15) is 17.7 Å². The molecule has 4 amide bonds. The van der Waals surface area contributed by atoms with Gasteiger partial charge in [0.25, 0.3) is 5.91 Å². The molecule has 0 spiro atoms. The minimum atomic E-state index is -3.82. The lowest BCUT2D eigenvalue weighted by Crippen LogP contribution is -2.59. The van der Waals surface area contributed by atoms with Gasteiger partial charge in [-0.25, -0.2) is 13.2 Å². The first-order valence-electron chi connectivity index (χ1n) is 18.9. The number of sulfonamides is 1. The van der Waals surface area contributed by atoms with Crippen molar-refractivity contribution >= 4 is 33.8 Å². The standard InChI is InChI=1S/C37H55N5O7S/c1-5-23(3)32-34(44)42-21-28(18-31(42)33(43)39-37(19-27(37)6-2)35(45)40-50(47,48)29-16-17-29)49-36(46)41-20-26-15-11-14-25(30(26)22-41)13-10-8-7-9-12-24(4)38-32/h11,14-15,23-24,27-29,31-32,38H,5-10,12-13,16-22H2,1-4H3,(H,39,43)(H,40,45)/t23-,24?,27+,28+,31-,32-,37+/m0/s1. The van der Waals surface area contributed by atoms with E-state index in [2.05, 4.69) is 40.5 Å². The molecule has 12 nitrogen and oxygen atoms in total. The third-order valence-electron chi connectivity index (χ3n) is 11.8. The van der Waals surface area contributed by atoms with Crippen molar-refractivity contribution in [3.05, 3.63) is 34.9 Å². The number of hydrogen-bond acceptors (Lipinski definition) is 8. The maximum Gasteiger partial charge on any atom is 0.410 e. The number of rotatable bonds is 8. The number of aryl methyl sites for hydroxylation is 1. The van der Waals surface area contributed by atoms with E-state index in [9.17, 15) is 27.6 Å². The highest BCUT2D eigenvalue weighted by atomic mass is 32.2. The monoisotopic (exact) mass is 713 g/mol. The summed E-state index contributed by atoms with van der Waals surface area (Å²) in [6, 6.07) is 4.77. The fourth-order valence-corrected chi connectivity index (χ4v) is 9.51. The summed E-state index contributed by atoms with van der Waals surface area (Å²) >= 11 is 0. The van der Waals surface area contributed by atoms with Crippen LogP contribution in [0.1, 0.15) is 115 Å². The van der Waals surface area contributed by atoms with Crippen molar-refractivity contribution in [3.8, 4) is 0 Å². The van der Waals surface area contributed by atoms with Crippen LogP contribution in [0.3, 0.4) is 0 Å². The van der Waals surface area contributed by atoms with E-state index in [1.165, 1.54) is 16.0 Å². The van der Waals surface area contributed by atoms with Crippen LogP contribution in [0, 0.1) is 11.8 Å². The van der Waals surface area contributed by atoms with Crippen LogP contribution in [0.15, 0.2) is 18.2 Å². The third kappa shape index (κ3) is 7.68. The fraction of sp³-hybridized carbons (Fsp3) is 0.730. The lowest BCUT2D eigenvalue weighted by molar-refractivity contribution is -0.142. The Balaban J connectivity index is 1.25. The molecule has 1 aromatic rings. The van der Waals surface area contributed by atoms with Crippen molar-refractivity contribution in [1.82, 2.24) is 25.2 Å². The first-order valence-corrected chi connectivity index (χ1v) is 20.4. The molecule has 3 N–H and O–H groups in total. The van der Waals surface area contributed by atoms with Gasteiger partial charge in [-0.2, -0.15) is 0 Å². The van der Waals surface area contributed by atoms with Crippen molar-refractivity contribution in [2.45, 2.75) is 153 Å². The highest BCUT2D eigenvalue weighted by Crippen LogP contribution is 2.47. The van der Waals surface area contributed by atoms with Gasteiger partial charge in [0, 0.05) is 25.6 Å². The number of fused-ring (bicyclic) bond motifs is 3. The number of nitrogens with zero attached hydrogens (tertiary/aromatic N) is 2. The molecule has 6 rings (SSSR count). The molecular formula is C37H55N5O7S. The molecule has 3 heterocycles. The van der Waals surface area contributed by atoms with Gasteiger partial charge < -0.3 is 20.3 Å². The average Bonchev–Trinajstić information content (AvgIpc) is 3.98. The molecule has 1 saturated heterocycles. The number of ether oxygens (including phenoxy) is 1. The van der Waals surface area contributed by atoms with Gasteiger partial charge in [0.05, 0.1) is 17.8 Å². The van der Waals surface area contributed by atoms with Gasteiger partial charge in [-0.15, -0.1) is 0 Å². The molecule has 3 fully saturated rings. The van der Waals surface area contributed by atoms with Crippen LogP contribution in [-0.2, 0) is 48.7 Å². The second-order valence-corrected chi connectivity index (χ2v) is 17.4. The lowest BCUT2D eigenvalue weighted by Gasteiger charge is -2.33. The van der Waals surface area contributed by atoms with Crippen LogP contribution >= 0.6 is 0 Å². The van der Waals surface area contributed by atoms with Gasteiger partial charge in [0.2, 0.25) is 21.8 Å². The summed E-state index contributed by atoms with van der Waals surface area (Å²) in [5.41, 5.74) is 2.20. The molecule has 50 heavy (non-hydrogen) atoms. The Morgan fingerprint density at radius 3 is 2.50 bits per heavy atom. The summed E-state index contributed by atoms with van der Waals surface area (Å²) in [4.78, 5) is 59.0. The Labute approximate surface area is 296 Å². The molecule has 2 aliphatic carbocycles. The minimum absolute atomic E-state index is 0.0293. The van der Waals surface area contributed by atoms with Crippen LogP contribution in [-0.4, -0.2) is 83.6 Å². The van der Waals surface area contributed by atoms with Gasteiger partial charge in [-0.1, -0.05) is 71.1 Å². The molecule has 7 atom stereocenters. The molecule has 276 valence electrons. The summed E-state index contributed by atoms with van der Waals surface area (Å²) in [5, 5.41) is 5.90. The van der Waals surface area contributed by atoms with E-state index >= 15 is 0 Å². The third-order valence-corrected chi connectivity index (χ3v) is 13.6. The van der Waals surface area contributed by atoms with Crippen molar-refractivity contribution in [1.29, 1.82) is 0 Å². The molecule has 13 heteroatoms. The Hall–Kier alpha value is -3.19. The molecule has 1 unspecified atom stereocenters. The quantitative estimate of drug-likeness (QED) is 0.367. The molecule has 4 bridgehead atoms. The molecule has 3 aliphatic heterocycles. The Morgan fingerprint density at radius 2 is 1.80 bits per heavy atom. The van der Waals surface area contributed by atoms with Gasteiger partial charge in [-0.05, 0) is 74.0 Å². The van der Waals surface area contributed by atoms with Crippen LogP contribution < -0.4 is 15.4 Å². The highest BCUT2D eigenvalue weighted by Gasteiger charge is 2.62. The van der Waals surface area contributed by atoms with E-state index in [-0.39, 0.29) is 36.8 Å². The summed E-state index contributed by atoms with van der Waals surface area (Å²) in [6.45, 7) is 9.00. The van der Waals surface area contributed by atoms with E-state index in [4.69, 9.17) is 4.74 Å². The predicted molar refractivity (Wildman–Crippen MR) is 188 cm³/mol. The first-order chi connectivity index (χ1) is 23.9. The zero-order valence-electron chi connectivity index (χ0n) is 30.0. The number of benzene rings is 1. The van der Waals surface area contributed by atoms with Crippen molar-refractivity contribution < 1.29 is 32.3 Å². The number of nitrogens with one attached hydrogen (secondary N) is 3. The normalized spacial score (nSPS) is 31.2.